The van der Waals surface area contributed by atoms with Crippen molar-refractivity contribution in [3.8, 4) is 0 Å². The van der Waals surface area contributed by atoms with Crippen LogP contribution >= 0.6 is 0 Å². The first kappa shape index (κ1) is 10.5. The molecule has 13 heavy (non-hydrogen) atoms. The molecule has 1 aliphatic rings. The number of rotatable bonds is 3. The van der Waals surface area contributed by atoms with Gasteiger partial charge in [0.15, 0.2) is 0 Å². The van der Waals surface area contributed by atoms with E-state index in [0.29, 0.717) is 6.42 Å². The molecule has 3 heteroatoms. The van der Waals surface area contributed by atoms with Crippen molar-refractivity contribution in [2.24, 2.45) is 0 Å². The van der Waals surface area contributed by atoms with E-state index in [2.05, 4.69) is 0 Å². The van der Waals surface area contributed by atoms with Crippen LogP contribution in [0, 0.1) is 0 Å². The Hall–Kier alpha value is -0.570. The van der Waals surface area contributed by atoms with Crippen LogP contribution in [0.1, 0.15) is 39.0 Å². The van der Waals surface area contributed by atoms with Gasteiger partial charge in [0.25, 0.3) is 0 Å². The van der Waals surface area contributed by atoms with Crippen LogP contribution in [-0.2, 0) is 9.90 Å². The molecule has 0 bridgehead atoms. The monoisotopic (exact) mass is 184 g/mol. The molecule has 1 atom stereocenters. The lowest BCUT2D eigenvalue weighted by atomic mass is 10.1. The molecule has 1 radical (unpaired) electrons. The Bertz CT molecular complexity index is 164. The highest BCUT2D eigenvalue weighted by molar-refractivity contribution is 5.76. The Morgan fingerprint density at radius 1 is 1.31 bits per heavy atom. The molecule has 1 unspecified atom stereocenters. The van der Waals surface area contributed by atoms with Gasteiger partial charge in [0.2, 0.25) is 5.91 Å². The number of likely N-dealkylation sites (tertiary alicyclic amines) is 1. The van der Waals surface area contributed by atoms with Crippen LogP contribution in [0.4, 0.5) is 0 Å². The fourth-order valence-electron chi connectivity index (χ4n) is 1.61. The summed E-state index contributed by atoms with van der Waals surface area (Å²) in [6.45, 7) is 3.55. The number of hydrogen-bond donors (Lipinski definition) is 0. The van der Waals surface area contributed by atoms with Gasteiger partial charge in [-0.25, -0.2) is 5.11 Å². The second-order valence-electron chi connectivity index (χ2n) is 3.68. The van der Waals surface area contributed by atoms with Gasteiger partial charge in [-0.15, -0.1) is 0 Å². The van der Waals surface area contributed by atoms with E-state index in [9.17, 15) is 9.90 Å². The topological polar surface area (TPSA) is 40.2 Å². The molecular weight excluding hydrogens is 166 g/mol. The molecule has 3 nitrogen and oxygen atoms in total. The van der Waals surface area contributed by atoms with E-state index in [-0.39, 0.29) is 12.3 Å². The fraction of sp³-hybridized carbons (Fsp3) is 0.900. The highest BCUT2D eigenvalue weighted by Crippen LogP contribution is 2.11. The zero-order valence-electron chi connectivity index (χ0n) is 8.29. The summed E-state index contributed by atoms with van der Waals surface area (Å²) in [5.41, 5.74) is 0. The summed E-state index contributed by atoms with van der Waals surface area (Å²) in [4.78, 5) is 13.3. The average molecular weight is 184 g/mol. The van der Waals surface area contributed by atoms with E-state index in [1.807, 2.05) is 11.8 Å². The maximum Gasteiger partial charge on any atom is 0.225 e. The number of piperidine rings is 1. The summed E-state index contributed by atoms with van der Waals surface area (Å²) in [5.74, 6) is 0.0570. The van der Waals surface area contributed by atoms with E-state index < -0.39 is 6.10 Å². The predicted molar refractivity (Wildman–Crippen MR) is 49.8 cm³/mol. The van der Waals surface area contributed by atoms with Gasteiger partial charge in [-0.1, -0.05) is 6.92 Å². The highest BCUT2D eigenvalue weighted by atomic mass is 16.3. The molecule has 0 aromatic rings. The molecule has 1 rings (SSSR count). The molecule has 1 aliphatic heterocycles. The van der Waals surface area contributed by atoms with Crippen LogP contribution < -0.4 is 0 Å². The van der Waals surface area contributed by atoms with Gasteiger partial charge in [0.05, 0.1) is 6.42 Å². The van der Waals surface area contributed by atoms with Crippen LogP contribution in [0.2, 0.25) is 0 Å². The van der Waals surface area contributed by atoms with Crippen molar-refractivity contribution in [3.05, 3.63) is 0 Å². The highest BCUT2D eigenvalue weighted by Gasteiger charge is 2.19. The van der Waals surface area contributed by atoms with Gasteiger partial charge in [0.1, 0.15) is 6.10 Å². The maximum absolute atomic E-state index is 11.5. The Morgan fingerprint density at radius 2 is 1.92 bits per heavy atom. The molecule has 1 fully saturated rings. The minimum absolute atomic E-state index is 0.0570. The number of hydrogen-bond acceptors (Lipinski definition) is 1. The molecule has 0 aliphatic carbocycles. The first-order chi connectivity index (χ1) is 6.24. The van der Waals surface area contributed by atoms with Gasteiger partial charge in [0, 0.05) is 13.1 Å². The summed E-state index contributed by atoms with van der Waals surface area (Å²) in [5, 5.41) is 11.1. The third-order valence-corrected chi connectivity index (χ3v) is 2.57. The lowest BCUT2D eigenvalue weighted by Gasteiger charge is -2.27. The minimum Gasteiger partial charge on any atom is -0.343 e. The fourth-order valence-corrected chi connectivity index (χ4v) is 1.61. The summed E-state index contributed by atoms with van der Waals surface area (Å²) in [6, 6.07) is 0. The third kappa shape index (κ3) is 3.35. The smallest absolute Gasteiger partial charge is 0.225 e. The zero-order valence-corrected chi connectivity index (χ0v) is 8.29. The molecule has 1 saturated heterocycles. The quantitative estimate of drug-likeness (QED) is 0.656. The van der Waals surface area contributed by atoms with Crippen molar-refractivity contribution in [1.82, 2.24) is 4.90 Å². The lowest BCUT2D eigenvalue weighted by molar-refractivity contribution is -0.135. The molecular formula is C10H18NO2. The normalized spacial score (nSPS) is 20.0. The van der Waals surface area contributed by atoms with E-state index in [4.69, 9.17) is 0 Å². The van der Waals surface area contributed by atoms with Crippen molar-refractivity contribution in [1.29, 1.82) is 0 Å². The second kappa shape index (κ2) is 5.22. The van der Waals surface area contributed by atoms with Gasteiger partial charge in [-0.2, -0.15) is 0 Å². The number of amides is 1. The minimum atomic E-state index is -0.700. The molecule has 0 spiro atoms. The predicted octanol–water partition coefficient (Wildman–Crippen LogP) is 1.60. The van der Waals surface area contributed by atoms with Crippen LogP contribution in [0.25, 0.3) is 0 Å². The average Bonchev–Trinajstić information content (AvgIpc) is 2.19. The van der Waals surface area contributed by atoms with Gasteiger partial charge in [-0.05, 0) is 25.7 Å². The van der Waals surface area contributed by atoms with Gasteiger partial charge < -0.3 is 4.90 Å². The van der Waals surface area contributed by atoms with Crippen molar-refractivity contribution >= 4 is 5.91 Å². The van der Waals surface area contributed by atoms with E-state index in [1.54, 1.807) is 0 Å². The van der Waals surface area contributed by atoms with Gasteiger partial charge in [-0.3, -0.25) is 4.79 Å². The SMILES string of the molecule is CCC([O])CC(=O)N1CCCCC1. The van der Waals surface area contributed by atoms with E-state index in [0.717, 1.165) is 25.9 Å². The molecule has 1 amide bonds. The number of carbonyl (C=O) groups is 1. The molecule has 75 valence electrons. The third-order valence-electron chi connectivity index (χ3n) is 2.57. The first-order valence-electron chi connectivity index (χ1n) is 5.17. The largest absolute Gasteiger partial charge is 0.343 e. The van der Waals surface area contributed by atoms with E-state index >= 15 is 0 Å². The van der Waals surface area contributed by atoms with Crippen LogP contribution in [0.3, 0.4) is 0 Å². The van der Waals surface area contributed by atoms with Crippen molar-refractivity contribution in [2.45, 2.75) is 45.1 Å². The Kier molecular flexibility index (Phi) is 4.22. The molecule has 1 heterocycles. The molecule has 0 aromatic carbocycles. The van der Waals surface area contributed by atoms with E-state index in [1.165, 1.54) is 6.42 Å². The first-order valence-corrected chi connectivity index (χ1v) is 5.17. The van der Waals surface area contributed by atoms with Crippen LogP contribution in [0.15, 0.2) is 0 Å². The standard InChI is InChI=1S/C10H18NO2/c1-2-9(12)8-10(13)11-6-4-3-5-7-11/h9H,2-8H2,1H3. The molecule has 0 aromatic heterocycles. The number of nitrogens with zero attached hydrogens (tertiary/aromatic N) is 1. The molecule has 0 N–H and O–H groups in total. The van der Waals surface area contributed by atoms with Crippen LogP contribution in [-0.4, -0.2) is 30.0 Å². The molecule has 0 saturated carbocycles. The summed E-state index contributed by atoms with van der Waals surface area (Å²) >= 11 is 0. The Morgan fingerprint density at radius 3 is 2.46 bits per heavy atom. The van der Waals surface area contributed by atoms with Crippen molar-refractivity contribution in [3.63, 3.8) is 0 Å². The van der Waals surface area contributed by atoms with Crippen molar-refractivity contribution < 1.29 is 9.90 Å². The zero-order chi connectivity index (χ0) is 9.68. The summed E-state index contributed by atoms with van der Waals surface area (Å²) in [6.07, 6.45) is 3.46. The second-order valence-corrected chi connectivity index (χ2v) is 3.68. The van der Waals surface area contributed by atoms with Crippen LogP contribution in [0.5, 0.6) is 0 Å². The summed E-state index contributed by atoms with van der Waals surface area (Å²) in [7, 11) is 0. The Labute approximate surface area is 79.7 Å². The Balaban J connectivity index is 2.29. The lowest BCUT2D eigenvalue weighted by Crippen LogP contribution is -2.37. The number of carbonyl (C=O) groups excluding carboxylic acids is 1. The maximum atomic E-state index is 11.5. The summed E-state index contributed by atoms with van der Waals surface area (Å²) < 4.78 is 0. The van der Waals surface area contributed by atoms with Crippen molar-refractivity contribution in [2.75, 3.05) is 13.1 Å². The van der Waals surface area contributed by atoms with Gasteiger partial charge >= 0.3 is 0 Å².